The standard InChI is InChI=1S/C12H10N2O2S/c13-10-9-6-5-7-3-1-2-4-8(7)11(9)17-12(10)14(15)16/h1-4H,5-6,13H2. The summed E-state index contributed by atoms with van der Waals surface area (Å²) in [5.74, 6) is 0. The second-order valence-electron chi connectivity index (χ2n) is 4.04. The number of nitrogens with two attached hydrogens (primary N) is 1. The molecule has 4 nitrogen and oxygen atoms in total. The highest BCUT2D eigenvalue weighted by Crippen LogP contribution is 2.47. The van der Waals surface area contributed by atoms with E-state index >= 15 is 0 Å². The molecule has 0 saturated heterocycles. The molecule has 3 rings (SSSR count). The molecular formula is C12H10N2O2S. The molecule has 1 aliphatic carbocycles. The van der Waals surface area contributed by atoms with E-state index in [0.29, 0.717) is 5.69 Å². The van der Waals surface area contributed by atoms with Gasteiger partial charge in [-0.1, -0.05) is 35.6 Å². The molecule has 2 N–H and O–H groups in total. The van der Waals surface area contributed by atoms with Crippen molar-refractivity contribution in [2.75, 3.05) is 5.73 Å². The molecule has 2 aromatic rings. The van der Waals surface area contributed by atoms with E-state index in [2.05, 4.69) is 6.07 Å². The van der Waals surface area contributed by atoms with Crippen LogP contribution in [0.2, 0.25) is 0 Å². The van der Waals surface area contributed by atoms with Gasteiger partial charge in [-0.15, -0.1) is 0 Å². The van der Waals surface area contributed by atoms with Gasteiger partial charge >= 0.3 is 5.00 Å². The number of nitro groups is 1. The van der Waals surface area contributed by atoms with Crippen LogP contribution < -0.4 is 5.73 Å². The van der Waals surface area contributed by atoms with Gasteiger partial charge in [0.05, 0.1) is 4.92 Å². The normalized spacial score (nSPS) is 12.9. The minimum absolute atomic E-state index is 0.0757. The highest BCUT2D eigenvalue weighted by atomic mass is 32.1. The lowest BCUT2D eigenvalue weighted by molar-refractivity contribution is -0.379. The van der Waals surface area contributed by atoms with Crippen LogP contribution in [0, 0.1) is 10.1 Å². The van der Waals surface area contributed by atoms with E-state index in [1.165, 1.54) is 16.9 Å². The summed E-state index contributed by atoms with van der Waals surface area (Å²) in [4.78, 5) is 11.5. The van der Waals surface area contributed by atoms with E-state index in [-0.39, 0.29) is 9.92 Å². The average Bonchev–Trinajstić information content (AvgIpc) is 2.67. The molecule has 0 aliphatic heterocycles. The van der Waals surface area contributed by atoms with Gasteiger partial charge in [-0.05, 0) is 24.0 Å². The Bertz CT molecular complexity index is 619. The summed E-state index contributed by atoms with van der Waals surface area (Å²) in [5.41, 5.74) is 9.49. The molecule has 1 aliphatic rings. The van der Waals surface area contributed by atoms with Crippen molar-refractivity contribution < 1.29 is 4.92 Å². The molecule has 0 atom stereocenters. The van der Waals surface area contributed by atoms with Gasteiger partial charge in [0, 0.05) is 10.4 Å². The molecule has 0 amide bonds. The number of thiophene rings is 1. The zero-order valence-corrected chi connectivity index (χ0v) is 9.79. The molecule has 0 spiro atoms. The Morgan fingerprint density at radius 2 is 2.06 bits per heavy atom. The third-order valence-corrected chi connectivity index (χ3v) is 4.33. The van der Waals surface area contributed by atoms with E-state index < -0.39 is 0 Å². The van der Waals surface area contributed by atoms with Gasteiger partial charge in [-0.25, -0.2) is 0 Å². The first-order chi connectivity index (χ1) is 8.18. The summed E-state index contributed by atoms with van der Waals surface area (Å²) >= 11 is 1.19. The molecule has 0 fully saturated rings. The van der Waals surface area contributed by atoms with Crippen molar-refractivity contribution in [2.24, 2.45) is 0 Å². The predicted molar refractivity (Wildman–Crippen MR) is 68.2 cm³/mol. The second-order valence-corrected chi connectivity index (χ2v) is 5.04. The van der Waals surface area contributed by atoms with Crippen molar-refractivity contribution in [3.63, 3.8) is 0 Å². The van der Waals surface area contributed by atoms with Crippen LogP contribution in [0.15, 0.2) is 24.3 Å². The maximum absolute atomic E-state index is 10.9. The van der Waals surface area contributed by atoms with Crippen LogP contribution in [-0.2, 0) is 12.8 Å². The molecule has 0 unspecified atom stereocenters. The third kappa shape index (κ3) is 1.43. The number of fused-ring (bicyclic) bond motifs is 3. The number of anilines is 1. The fourth-order valence-electron chi connectivity index (χ4n) is 2.29. The molecule has 1 aromatic carbocycles. The van der Waals surface area contributed by atoms with Gasteiger partial charge in [0.1, 0.15) is 5.69 Å². The monoisotopic (exact) mass is 246 g/mol. The first-order valence-corrected chi connectivity index (χ1v) is 6.14. The van der Waals surface area contributed by atoms with Crippen LogP contribution in [0.4, 0.5) is 10.7 Å². The highest BCUT2D eigenvalue weighted by molar-refractivity contribution is 7.19. The molecule has 86 valence electrons. The maximum Gasteiger partial charge on any atom is 0.347 e. The lowest BCUT2D eigenvalue weighted by Crippen LogP contribution is -2.03. The average molecular weight is 246 g/mol. The predicted octanol–water partition coefficient (Wildman–Crippen LogP) is 3.00. The van der Waals surface area contributed by atoms with Crippen LogP contribution in [0.1, 0.15) is 11.1 Å². The van der Waals surface area contributed by atoms with Crippen LogP contribution in [0.25, 0.3) is 10.4 Å². The van der Waals surface area contributed by atoms with Gasteiger partial charge in [0.2, 0.25) is 0 Å². The van der Waals surface area contributed by atoms with Crippen molar-refractivity contribution in [3.8, 4) is 10.4 Å². The Kier molecular flexibility index (Phi) is 2.16. The SMILES string of the molecule is Nc1c([N+](=O)[O-])sc2c1CCc1ccccc1-2. The summed E-state index contributed by atoms with van der Waals surface area (Å²) in [6.07, 6.45) is 1.70. The number of benzene rings is 1. The summed E-state index contributed by atoms with van der Waals surface area (Å²) in [7, 11) is 0. The molecule has 0 saturated carbocycles. The van der Waals surface area contributed by atoms with Crippen molar-refractivity contribution in [1.82, 2.24) is 0 Å². The van der Waals surface area contributed by atoms with Crippen molar-refractivity contribution >= 4 is 22.0 Å². The quantitative estimate of drug-likeness (QED) is 0.621. The van der Waals surface area contributed by atoms with Crippen molar-refractivity contribution in [3.05, 3.63) is 45.5 Å². The fraction of sp³-hybridized carbons (Fsp3) is 0.167. The molecular weight excluding hydrogens is 236 g/mol. The van der Waals surface area contributed by atoms with Crippen molar-refractivity contribution in [2.45, 2.75) is 12.8 Å². The Hall–Kier alpha value is -1.88. The molecule has 0 radical (unpaired) electrons. The van der Waals surface area contributed by atoms with E-state index in [1.54, 1.807) is 0 Å². The number of hydrogen-bond donors (Lipinski definition) is 1. The van der Waals surface area contributed by atoms with Crippen LogP contribution >= 0.6 is 11.3 Å². The smallest absolute Gasteiger partial charge is 0.347 e. The van der Waals surface area contributed by atoms with E-state index in [9.17, 15) is 10.1 Å². The third-order valence-electron chi connectivity index (χ3n) is 3.10. The zero-order valence-electron chi connectivity index (χ0n) is 8.97. The number of rotatable bonds is 1. The number of hydrogen-bond acceptors (Lipinski definition) is 4. The number of nitrogens with zero attached hydrogens (tertiary/aromatic N) is 1. The zero-order chi connectivity index (χ0) is 12.0. The highest BCUT2D eigenvalue weighted by Gasteiger charge is 2.27. The van der Waals surface area contributed by atoms with Gasteiger partial charge in [0.15, 0.2) is 0 Å². The molecule has 1 aromatic heterocycles. The van der Waals surface area contributed by atoms with Gasteiger partial charge in [-0.2, -0.15) is 0 Å². The molecule has 0 bridgehead atoms. The molecule has 17 heavy (non-hydrogen) atoms. The van der Waals surface area contributed by atoms with Gasteiger partial charge in [-0.3, -0.25) is 10.1 Å². The van der Waals surface area contributed by atoms with E-state index in [4.69, 9.17) is 5.73 Å². The first-order valence-electron chi connectivity index (χ1n) is 5.32. The first kappa shape index (κ1) is 10.3. The minimum Gasteiger partial charge on any atom is -0.392 e. The van der Waals surface area contributed by atoms with Gasteiger partial charge in [0.25, 0.3) is 0 Å². The second kappa shape index (κ2) is 3.56. The summed E-state index contributed by atoms with van der Waals surface area (Å²) in [6, 6.07) is 8.03. The lowest BCUT2D eigenvalue weighted by atomic mass is 9.91. The molecule has 1 heterocycles. The number of aryl methyl sites for hydroxylation is 1. The minimum atomic E-state index is -0.388. The largest absolute Gasteiger partial charge is 0.392 e. The summed E-state index contributed by atoms with van der Waals surface area (Å²) < 4.78 is 0. The van der Waals surface area contributed by atoms with Crippen LogP contribution in [0.3, 0.4) is 0 Å². The van der Waals surface area contributed by atoms with Crippen molar-refractivity contribution in [1.29, 1.82) is 0 Å². The molecule has 5 heteroatoms. The van der Waals surface area contributed by atoms with Crippen LogP contribution in [-0.4, -0.2) is 4.92 Å². The van der Waals surface area contributed by atoms with E-state index in [0.717, 1.165) is 28.8 Å². The Morgan fingerprint density at radius 3 is 2.82 bits per heavy atom. The Morgan fingerprint density at radius 1 is 1.29 bits per heavy atom. The summed E-state index contributed by atoms with van der Waals surface area (Å²) in [6.45, 7) is 0. The van der Waals surface area contributed by atoms with E-state index in [1.807, 2.05) is 18.2 Å². The number of nitrogen functional groups attached to an aromatic ring is 1. The Balaban J connectivity index is 2.27. The lowest BCUT2D eigenvalue weighted by Gasteiger charge is -2.15. The van der Waals surface area contributed by atoms with Gasteiger partial charge < -0.3 is 5.73 Å². The van der Waals surface area contributed by atoms with Crippen LogP contribution in [0.5, 0.6) is 0 Å². The fourth-order valence-corrected chi connectivity index (χ4v) is 3.43. The Labute approximate surface area is 102 Å². The topological polar surface area (TPSA) is 69.2 Å². The summed E-state index contributed by atoms with van der Waals surface area (Å²) in [5, 5.41) is 11.0. The maximum atomic E-state index is 10.9.